The second kappa shape index (κ2) is 7.63. The Balaban J connectivity index is 1.95. The lowest BCUT2D eigenvalue weighted by atomic mass is 10.0. The number of hydrogen-bond acceptors (Lipinski definition) is 3. The topological polar surface area (TPSA) is 39.1 Å². The number of rotatable bonds is 3. The van der Waals surface area contributed by atoms with Gasteiger partial charge in [0.1, 0.15) is 11.6 Å². The van der Waals surface area contributed by atoms with Crippen LogP contribution in [0.1, 0.15) is 24.0 Å². The number of aromatic nitrogens is 2. The second-order valence-corrected chi connectivity index (χ2v) is 7.30. The second-order valence-electron chi connectivity index (χ2n) is 6.86. The molecule has 0 fully saturated rings. The molecule has 0 aliphatic carbocycles. The number of hydrogen-bond donors (Lipinski definition) is 1. The molecule has 0 unspecified atom stereocenters. The van der Waals surface area contributed by atoms with Gasteiger partial charge in [-0.1, -0.05) is 23.7 Å². The van der Waals surface area contributed by atoms with Crippen LogP contribution in [0.4, 0.5) is 19.0 Å². The van der Waals surface area contributed by atoms with Crippen LogP contribution in [0.5, 0.6) is 5.75 Å². The largest absolute Gasteiger partial charge is 0.497 e. The van der Waals surface area contributed by atoms with Gasteiger partial charge in [0.05, 0.1) is 24.1 Å². The quantitative estimate of drug-likeness (QED) is 0.566. The third-order valence-electron chi connectivity index (χ3n) is 4.96. The Labute approximate surface area is 171 Å². The molecule has 3 aromatic rings. The van der Waals surface area contributed by atoms with Crippen LogP contribution in [0.3, 0.4) is 0 Å². The zero-order valence-electron chi connectivity index (χ0n) is 15.7. The molecule has 2 heterocycles. The van der Waals surface area contributed by atoms with E-state index in [1.807, 2.05) is 24.3 Å². The number of halogens is 4. The molecule has 0 saturated heterocycles. The summed E-state index contributed by atoms with van der Waals surface area (Å²) in [6.07, 6.45) is -1.97. The summed E-state index contributed by atoms with van der Waals surface area (Å²) in [5.41, 5.74) is 1.47. The van der Waals surface area contributed by atoms with E-state index in [1.165, 1.54) is 16.8 Å². The maximum absolute atomic E-state index is 13.7. The Hall–Kier alpha value is -2.67. The first-order valence-corrected chi connectivity index (χ1v) is 9.63. The third kappa shape index (κ3) is 3.79. The van der Waals surface area contributed by atoms with Crippen molar-refractivity contribution in [3.05, 3.63) is 58.6 Å². The van der Waals surface area contributed by atoms with Gasteiger partial charge < -0.3 is 10.1 Å². The molecule has 0 amide bonds. The number of nitrogens with one attached hydrogen (secondary N) is 1. The molecule has 0 atom stereocenters. The maximum Gasteiger partial charge on any atom is 0.418 e. The Morgan fingerprint density at radius 3 is 2.72 bits per heavy atom. The number of alkyl halides is 3. The van der Waals surface area contributed by atoms with Crippen molar-refractivity contribution in [3.8, 4) is 22.7 Å². The van der Waals surface area contributed by atoms with Crippen LogP contribution >= 0.6 is 11.6 Å². The first-order chi connectivity index (χ1) is 13.9. The number of anilines is 1. The number of ether oxygens (including phenoxy) is 1. The summed E-state index contributed by atoms with van der Waals surface area (Å²) >= 11 is 5.86. The Bertz CT molecular complexity index is 1050. The molecular formula is C21H19ClF3N3O. The van der Waals surface area contributed by atoms with Gasteiger partial charge in [-0.25, -0.2) is 4.68 Å². The molecule has 0 radical (unpaired) electrons. The number of fused-ring (bicyclic) bond motifs is 1. The minimum Gasteiger partial charge on any atom is -0.497 e. The van der Waals surface area contributed by atoms with Crippen LogP contribution in [0.15, 0.2) is 42.5 Å². The highest BCUT2D eigenvalue weighted by Gasteiger charge is 2.36. The van der Waals surface area contributed by atoms with E-state index in [1.54, 1.807) is 7.11 Å². The van der Waals surface area contributed by atoms with Crippen molar-refractivity contribution >= 4 is 17.4 Å². The van der Waals surface area contributed by atoms with Crippen LogP contribution in [0.25, 0.3) is 16.9 Å². The lowest BCUT2D eigenvalue weighted by Crippen LogP contribution is -2.14. The zero-order valence-corrected chi connectivity index (χ0v) is 16.4. The van der Waals surface area contributed by atoms with Crippen LogP contribution in [0, 0.1) is 0 Å². The first kappa shape index (κ1) is 19.6. The lowest BCUT2D eigenvalue weighted by Gasteiger charge is -2.16. The van der Waals surface area contributed by atoms with E-state index in [0.29, 0.717) is 23.8 Å². The molecule has 1 aliphatic heterocycles. The van der Waals surface area contributed by atoms with E-state index in [-0.39, 0.29) is 10.7 Å². The number of nitrogens with zero attached hydrogens (tertiary/aromatic N) is 2. The van der Waals surface area contributed by atoms with E-state index in [9.17, 15) is 13.2 Å². The van der Waals surface area contributed by atoms with Crippen molar-refractivity contribution in [2.45, 2.75) is 25.4 Å². The minimum absolute atomic E-state index is 0.0281. The highest BCUT2D eigenvalue weighted by atomic mass is 35.5. The Morgan fingerprint density at radius 1 is 1.14 bits per heavy atom. The normalized spacial score (nSPS) is 14.1. The van der Waals surface area contributed by atoms with Gasteiger partial charge in [0, 0.05) is 22.7 Å². The lowest BCUT2D eigenvalue weighted by molar-refractivity contribution is -0.137. The zero-order chi connectivity index (χ0) is 20.6. The van der Waals surface area contributed by atoms with Gasteiger partial charge in [-0.2, -0.15) is 18.3 Å². The summed E-state index contributed by atoms with van der Waals surface area (Å²) in [6.45, 7) is 0.672. The molecule has 4 rings (SSSR count). The molecular weight excluding hydrogens is 403 g/mol. The standard InChI is InChI=1S/C21H19ClF3N3O/c1-29-15-6-4-5-13(11-15)19-16-7-2-3-10-26-20(16)28(27-19)18-9-8-14(22)12-17(18)21(23,24)25/h4-6,8-9,11-12,26H,2-3,7,10H2,1H3. The molecule has 0 saturated carbocycles. The summed E-state index contributed by atoms with van der Waals surface area (Å²) in [7, 11) is 1.57. The van der Waals surface area contributed by atoms with E-state index >= 15 is 0 Å². The van der Waals surface area contributed by atoms with E-state index in [0.717, 1.165) is 36.5 Å². The van der Waals surface area contributed by atoms with Gasteiger partial charge in [0.2, 0.25) is 0 Å². The van der Waals surface area contributed by atoms with Crippen LogP contribution in [-0.4, -0.2) is 23.4 Å². The van der Waals surface area contributed by atoms with Crippen LogP contribution in [0.2, 0.25) is 5.02 Å². The molecule has 4 nitrogen and oxygen atoms in total. The molecule has 29 heavy (non-hydrogen) atoms. The summed E-state index contributed by atoms with van der Waals surface area (Å²) < 4.78 is 47.8. The van der Waals surface area contributed by atoms with Crippen molar-refractivity contribution in [1.82, 2.24) is 9.78 Å². The summed E-state index contributed by atoms with van der Waals surface area (Å²) in [4.78, 5) is 0. The molecule has 0 spiro atoms. The predicted octanol–water partition coefficient (Wildman–Crippen LogP) is 5.97. The Kier molecular flexibility index (Phi) is 5.17. The number of methoxy groups -OCH3 is 1. The molecule has 2 aromatic carbocycles. The third-order valence-corrected chi connectivity index (χ3v) is 5.20. The average Bonchev–Trinajstić information content (AvgIpc) is 2.88. The first-order valence-electron chi connectivity index (χ1n) is 9.26. The molecule has 152 valence electrons. The van der Waals surface area contributed by atoms with Crippen molar-refractivity contribution in [3.63, 3.8) is 0 Å². The SMILES string of the molecule is COc1cccc(-c2nn(-c3ccc(Cl)cc3C(F)(F)F)c3c2CCCCN3)c1. The van der Waals surface area contributed by atoms with E-state index in [4.69, 9.17) is 16.3 Å². The minimum atomic E-state index is -4.56. The summed E-state index contributed by atoms with van der Waals surface area (Å²) in [5, 5.41) is 7.91. The maximum atomic E-state index is 13.7. The molecule has 0 bridgehead atoms. The van der Waals surface area contributed by atoms with E-state index in [2.05, 4.69) is 10.4 Å². The smallest absolute Gasteiger partial charge is 0.418 e. The van der Waals surface area contributed by atoms with Gasteiger partial charge in [-0.3, -0.25) is 0 Å². The average molecular weight is 422 g/mol. The van der Waals surface area contributed by atoms with Gasteiger partial charge in [-0.05, 0) is 49.6 Å². The fourth-order valence-electron chi connectivity index (χ4n) is 3.60. The highest BCUT2D eigenvalue weighted by molar-refractivity contribution is 6.30. The van der Waals surface area contributed by atoms with Gasteiger partial charge >= 0.3 is 6.18 Å². The van der Waals surface area contributed by atoms with Crippen molar-refractivity contribution in [1.29, 1.82) is 0 Å². The van der Waals surface area contributed by atoms with Gasteiger partial charge in [0.25, 0.3) is 0 Å². The highest BCUT2D eigenvalue weighted by Crippen LogP contribution is 2.40. The predicted molar refractivity (Wildman–Crippen MR) is 107 cm³/mol. The van der Waals surface area contributed by atoms with E-state index < -0.39 is 11.7 Å². The monoisotopic (exact) mass is 421 g/mol. The molecule has 1 N–H and O–H groups in total. The van der Waals surface area contributed by atoms with Crippen LogP contribution < -0.4 is 10.1 Å². The molecule has 8 heteroatoms. The molecule has 1 aliphatic rings. The van der Waals surface area contributed by atoms with Crippen LogP contribution in [-0.2, 0) is 12.6 Å². The fraction of sp³-hybridized carbons (Fsp3) is 0.286. The summed E-state index contributed by atoms with van der Waals surface area (Å²) in [6, 6.07) is 11.1. The van der Waals surface area contributed by atoms with Crippen molar-refractivity contribution < 1.29 is 17.9 Å². The fourth-order valence-corrected chi connectivity index (χ4v) is 3.77. The van der Waals surface area contributed by atoms with Crippen molar-refractivity contribution in [2.24, 2.45) is 0 Å². The Morgan fingerprint density at radius 2 is 1.97 bits per heavy atom. The molecule has 1 aromatic heterocycles. The van der Waals surface area contributed by atoms with Crippen molar-refractivity contribution in [2.75, 3.05) is 19.0 Å². The van der Waals surface area contributed by atoms with Gasteiger partial charge in [0.15, 0.2) is 0 Å². The summed E-state index contributed by atoms with van der Waals surface area (Å²) in [5.74, 6) is 1.25. The van der Waals surface area contributed by atoms with Gasteiger partial charge in [-0.15, -0.1) is 0 Å². The number of benzene rings is 2.